The summed E-state index contributed by atoms with van der Waals surface area (Å²) in [6, 6.07) is 0.413. The van der Waals surface area contributed by atoms with Crippen molar-refractivity contribution in [2.45, 2.75) is 71.9 Å². The fourth-order valence-corrected chi connectivity index (χ4v) is 4.00. The minimum Gasteiger partial charge on any atom is -0.393 e. The predicted molar refractivity (Wildman–Crippen MR) is 85.1 cm³/mol. The molecule has 3 unspecified atom stereocenters. The molecule has 1 heterocycles. The number of carbonyl (C=O) groups is 1. The largest absolute Gasteiger partial charge is 0.393 e. The average Bonchev–Trinajstić information content (AvgIpc) is 2.41. The highest BCUT2D eigenvalue weighted by Gasteiger charge is 2.34. The van der Waals surface area contributed by atoms with Crippen molar-refractivity contribution in [2.24, 2.45) is 17.3 Å². The van der Waals surface area contributed by atoms with Crippen LogP contribution in [-0.4, -0.2) is 41.3 Å². The Morgan fingerprint density at radius 3 is 2.43 bits per heavy atom. The Balaban J connectivity index is 1.80. The van der Waals surface area contributed by atoms with E-state index in [1.807, 2.05) is 11.8 Å². The van der Waals surface area contributed by atoms with Crippen LogP contribution in [0.4, 0.5) is 4.79 Å². The van der Waals surface area contributed by atoms with E-state index in [-0.39, 0.29) is 12.1 Å². The molecule has 122 valence electrons. The lowest BCUT2D eigenvalue weighted by molar-refractivity contribution is 0.0770. The van der Waals surface area contributed by atoms with Crippen LogP contribution in [0, 0.1) is 17.3 Å². The van der Waals surface area contributed by atoms with Gasteiger partial charge in [-0.3, -0.25) is 0 Å². The summed E-state index contributed by atoms with van der Waals surface area (Å²) in [6.07, 6.45) is 5.03. The number of hydrogen-bond acceptors (Lipinski definition) is 2. The van der Waals surface area contributed by atoms with Crippen molar-refractivity contribution in [1.29, 1.82) is 0 Å². The molecule has 1 saturated carbocycles. The van der Waals surface area contributed by atoms with E-state index >= 15 is 0 Å². The molecule has 2 aliphatic rings. The van der Waals surface area contributed by atoms with Crippen molar-refractivity contribution in [1.82, 2.24) is 10.2 Å². The lowest BCUT2D eigenvalue weighted by Gasteiger charge is -2.41. The van der Waals surface area contributed by atoms with E-state index in [0.717, 1.165) is 32.4 Å². The number of aliphatic hydroxyl groups excluding tert-OH is 1. The van der Waals surface area contributed by atoms with Gasteiger partial charge in [0.15, 0.2) is 0 Å². The molecule has 2 rings (SSSR count). The van der Waals surface area contributed by atoms with E-state index in [4.69, 9.17) is 0 Å². The topological polar surface area (TPSA) is 52.6 Å². The Labute approximate surface area is 129 Å². The summed E-state index contributed by atoms with van der Waals surface area (Å²) in [5.74, 6) is 0.899. The zero-order valence-corrected chi connectivity index (χ0v) is 14.1. The highest BCUT2D eigenvalue weighted by Crippen LogP contribution is 2.38. The Morgan fingerprint density at radius 2 is 1.90 bits per heavy atom. The van der Waals surface area contributed by atoms with Gasteiger partial charge in [0.25, 0.3) is 0 Å². The molecule has 1 saturated heterocycles. The van der Waals surface area contributed by atoms with E-state index in [2.05, 4.69) is 26.1 Å². The van der Waals surface area contributed by atoms with Gasteiger partial charge in [-0.1, -0.05) is 20.8 Å². The minimum absolute atomic E-state index is 0.0931. The first-order valence-corrected chi connectivity index (χ1v) is 8.52. The van der Waals surface area contributed by atoms with Gasteiger partial charge in [0, 0.05) is 19.1 Å². The number of nitrogens with one attached hydrogen (secondary N) is 1. The van der Waals surface area contributed by atoms with E-state index in [1.54, 1.807) is 0 Å². The van der Waals surface area contributed by atoms with Crippen molar-refractivity contribution in [3.63, 3.8) is 0 Å². The number of rotatable bonds is 2. The SMILES string of the molecule is CC(O)C1CCN(C(=O)NC2CCC(C)(C)CC2C)CC1. The molecule has 0 spiro atoms. The number of hydrogen-bond donors (Lipinski definition) is 2. The first-order valence-electron chi connectivity index (χ1n) is 8.52. The molecule has 0 bridgehead atoms. The summed E-state index contributed by atoms with van der Waals surface area (Å²) in [5.41, 5.74) is 0.413. The van der Waals surface area contributed by atoms with Crippen LogP contribution in [0.25, 0.3) is 0 Å². The zero-order chi connectivity index (χ0) is 15.6. The number of aliphatic hydroxyl groups is 1. The number of amides is 2. The van der Waals surface area contributed by atoms with Gasteiger partial charge in [-0.25, -0.2) is 4.79 Å². The first-order chi connectivity index (χ1) is 9.78. The number of likely N-dealkylation sites (tertiary alicyclic amines) is 1. The summed E-state index contributed by atoms with van der Waals surface area (Å²) in [4.78, 5) is 14.3. The van der Waals surface area contributed by atoms with Crippen LogP contribution in [0.3, 0.4) is 0 Å². The quantitative estimate of drug-likeness (QED) is 0.823. The second-order valence-electron chi connectivity index (χ2n) is 8.01. The molecule has 4 nitrogen and oxygen atoms in total. The highest BCUT2D eigenvalue weighted by molar-refractivity contribution is 5.74. The van der Waals surface area contributed by atoms with Crippen molar-refractivity contribution in [2.75, 3.05) is 13.1 Å². The average molecular weight is 296 g/mol. The van der Waals surface area contributed by atoms with Gasteiger partial charge in [-0.2, -0.15) is 0 Å². The van der Waals surface area contributed by atoms with Gasteiger partial charge in [0.1, 0.15) is 0 Å². The molecule has 0 aromatic rings. The molecule has 21 heavy (non-hydrogen) atoms. The fourth-order valence-electron chi connectivity index (χ4n) is 4.00. The smallest absolute Gasteiger partial charge is 0.317 e. The maximum Gasteiger partial charge on any atom is 0.317 e. The van der Waals surface area contributed by atoms with Gasteiger partial charge < -0.3 is 15.3 Å². The van der Waals surface area contributed by atoms with Crippen LogP contribution in [0.1, 0.15) is 59.8 Å². The monoisotopic (exact) mass is 296 g/mol. The molecule has 2 amide bonds. The van der Waals surface area contributed by atoms with Crippen molar-refractivity contribution in [3.8, 4) is 0 Å². The number of urea groups is 1. The Morgan fingerprint density at radius 1 is 1.29 bits per heavy atom. The summed E-state index contributed by atoms with van der Waals surface area (Å²) < 4.78 is 0. The second-order valence-corrected chi connectivity index (χ2v) is 8.01. The second kappa shape index (κ2) is 6.55. The van der Waals surface area contributed by atoms with Crippen LogP contribution in [0.15, 0.2) is 0 Å². The Hall–Kier alpha value is -0.770. The van der Waals surface area contributed by atoms with Gasteiger partial charge in [-0.15, -0.1) is 0 Å². The molecule has 3 atom stereocenters. The van der Waals surface area contributed by atoms with Crippen LogP contribution in [-0.2, 0) is 0 Å². The van der Waals surface area contributed by atoms with Gasteiger partial charge in [-0.05, 0) is 56.3 Å². The molecule has 2 N–H and O–H groups in total. The summed E-state index contributed by atoms with van der Waals surface area (Å²) >= 11 is 0. The zero-order valence-electron chi connectivity index (χ0n) is 14.1. The first kappa shape index (κ1) is 16.6. The van der Waals surface area contributed by atoms with Gasteiger partial charge in [0.2, 0.25) is 0 Å². The normalized spacial score (nSPS) is 31.8. The molecule has 1 aliphatic heterocycles. The standard InChI is InChI=1S/C17H32N2O2/c1-12-11-17(3,4)8-5-15(12)18-16(21)19-9-6-14(7-10-19)13(2)20/h12-15,20H,5-11H2,1-4H3,(H,18,21). The molecule has 4 heteroatoms. The molecular weight excluding hydrogens is 264 g/mol. The van der Waals surface area contributed by atoms with E-state index in [0.29, 0.717) is 23.3 Å². The Bertz CT molecular complexity index is 360. The van der Waals surface area contributed by atoms with Crippen LogP contribution >= 0.6 is 0 Å². The maximum atomic E-state index is 12.4. The number of nitrogens with zero attached hydrogens (tertiary/aromatic N) is 1. The lowest BCUT2D eigenvalue weighted by Crippen LogP contribution is -2.51. The third-order valence-corrected chi connectivity index (χ3v) is 5.51. The van der Waals surface area contributed by atoms with E-state index in [9.17, 15) is 9.90 Å². The van der Waals surface area contributed by atoms with E-state index in [1.165, 1.54) is 12.8 Å². The third-order valence-electron chi connectivity index (χ3n) is 5.51. The van der Waals surface area contributed by atoms with Crippen molar-refractivity contribution < 1.29 is 9.90 Å². The van der Waals surface area contributed by atoms with E-state index < -0.39 is 0 Å². The number of carbonyl (C=O) groups excluding carboxylic acids is 1. The minimum atomic E-state index is -0.254. The lowest BCUT2D eigenvalue weighted by atomic mass is 9.70. The van der Waals surface area contributed by atoms with Gasteiger partial charge in [0.05, 0.1) is 6.10 Å². The van der Waals surface area contributed by atoms with Crippen molar-refractivity contribution >= 4 is 6.03 Å². The summed E-state index contributed by atoms with van der Waals surface area (Å²) in [7, 11) is 0. The maximum absolute atomic E-state index is 12.4. The highest BCUT2D eigenvalue weighted by atomic mass is 16.3. The van der Waals surface area contributed by atoms with Crippen LogP contribution in [0.2, 0.25) is 0 Å². The summed E-state index contributed by atoms with van der Waals surface area (Å²) in [5, 5.41) is 12.9. The molecule has 0 aromatic heterocycles. The Kier molecular flexibility index (Phi) is 5.18. The van der Waals surface area contributed by atoms with Crippen molar-refractivity contribution in [3.05, 3.63) is 0 Å². The third kappa shape index (κ3) is 4.35. The predicted octanol–water partition coefficient (Wildman–Crippen LogP) is 3.00. The van der Waals surface area contributed by atoms with Gasteiger partial charge >= 0.3 is 6.03 Å². The van der Waals surface area contributed by atoms with Crippen LogP contribution < -0.4 is 5.32 Å². The van der Waals surface area contributed by atoms with Crippen LogP contribution in [0.5, 0.6) is 0 Å². The molecule has 1 aliphatic carbocycles. The molecule has 0 aromatic carbocycles. The number of piperidine rings is 1. The molecular formula is C17H32N2O2. The molecule has 0 radical (unpaired) electrons. The summed E-state index contributed by atoms with van der Waals surface area (Å²) in [6.45, 7) is 10.3. The molecule has 2 fully saturated rings. The fraction of sp³-hybridized carbons (Fsp3) is 0.941.